The molecule has 1 amide bonds. The predicted molar refractivity (Wildman–Crippen MR) is 122 cm³/mol. The van der Waals surface area contributed by atoms with Crippen molar-refractivity contribution in [2.45, 2.75) is 44.6 Å². The van der Waals surface area contributed by atoms with Crippen molar-refractivity contribution < 1.29 is 4.79 Å². The van der Waals surface area contributed by atoms with Crippen molar-refractivity contribution in [3.05, 3.63) is 59.4 Å². The van der Waals surface area contributed by atoms with E-state index in [1.54, 1.807) is 13.3 Å². The lowest BCUT2D eigenvalue weighted by Gasteiger charge is -2.15. The fraction of sp³-hybridized carbons (Fsp3) is 0.348. The number of hydrogen-bond acceptors (Lipinski definition) is 6. The zero-order valence-electron chi connectivity index (χ0n) is 17.8. The molecule has 8 nitrogen and oxygen atoms in total. The molecule has 4 rings (SSSR count). The molecular formula is C23H27N7O. The van der Waals surface area contributed by atoms with Gasteiger partial charge < -0.3 is 16.0 Å². The van der Waals surface area contributed by atoms with Crippen molar-refractivity contribution in [2.24, 2.45) is 10.7 Å². The van der Waals surface area contributed by atoms with Crippen LogP contribution in [0, 0.1) is 0 Å². The molecule has 0 bridgehead atoms. The number of aliphatic imine (C=N–C) groups is 1. The minimum atomic E-state index is -0.267. The van der Waals surface area contributed by atoms with Crippen LogP contribution in [0.1, 0.15) is 72.0 Å². The second kappa shape index (κ2) is 9.07. The van der Waals surface area contributed by atoms with Gasteiger partial charge in [0.25, 0.3) is 5.91 Å². The smallest absolute Gasteiger partial charge is 0.272 e. The Morgan fingerprint density at radius 3 is 2.87 bits per heavy atom. The van der Waals surface area contributed by atoms with E-state index in [0.717, 1.165) is 35.4 Å². The highest BCUT2D eigenvalue weighted by Gasteiger charge is 2.23. The molecule has 2 aromatic heterocycles. The van der Waals surface area contributed by atoms with Crippen LogP contribution in [0.4, 0.5) is 0 Å². The van der Waals surface area contributed by atoms with Gasteiger partial charge in [0, 0.05) is 31.0 Å². The Hall–Kier alpha value is -3.55. The molecule has 0 saturated heterocycles. The number of aromatic amines is 1. The van der Waals surface area contributed by atoms with Gasteiger partial charge in [-0.3, -0.25) is 9.79 Å². The summed E-state index contributed by atoms with van der Waals surface area (Å²) >= 11 is 0. The highest BCUT2D eigenvalue weighted by Crippen LogP contribution is 2.33. The first-order valence-electron chi connectivity index (χ1n) is 10.6. The third-order valence-electron chi connectivity index (χ3n) is 5.78. The zero-order chi connectivity index (χ0) is 21.8. The van der Waals surface area contributed by atoms with Crippen LogP contribution in [0.25, 0.3) is 16.7 Å². The van der Waals surface area contributed by atoms with Crippen LogP contribution in [0.5, 0.6) is 0 Å². The first-order valence-corrected chi connectivity index (χ1v) is 10.6. The van der Waals surface area contributed by atoms with E-state index in [1.165, 1.54) is 25.4 Å². The number of aromatic nitrogens is 4. The molecule has 3 aromatic rings. The molecule has 160 valence electrons. The van der Waals surface area contributed by atoms with Gasteiger partial charge in [-0.25, -0.2) is 15.0 Å². The highest BCUT2D eigenvalue weighted by atomic mass is 16.2. The number of nitrogens with one attached hydrogen (secondary N) is 2. The summed E-state index contributed by atoms with van der Waals surface area (Å²) in [6.07, 6.45) is 9.27. The summed E-state index contributed by atoms with van der Waals surface area (Å²) in [5.74, 6) is 1.04. The second-order valence-electron chi connectivity index (χ2n) is 7.85. The summed E-state index contributed by atoms with van der Waals surface area (Å²) in [6, 6.07) is 7.63. The van der Waals surface area contributed by atoms with Crippen molar-refractivity contribution in [1.29, 1.82) is 0 Å². The van der Waals surface area contributed by atoms with Crippen LogP contribution >= 0.6 is 0 Å². The van der Waals surface area contributed by atoms with Crippen LogP contribution in [0.2, 0.25) is 0 Å². The number of nitrogens with two attached hydrogens (primary N) is 1. The third kappa shape index (κ3) is 4.33. The Labute approximate surface area is 181 Å². The molecule has 0 radical (unpaired) electrons. The van der Waals surface area contributed by atoms with Crippen LogP contribution in [0.3, 0.4) is 0 Å². The SMILES string of the molecule is CN=CC(=CN)c1cccc(C(C)NC(=O)c2ncnc3nc(C4CCCC4)[nH]c23)c1. The topological polar surface area (TPSA) is 122 Å². The van der Waals surface area contributed by atoms with E-state index in [9.17, 15) is 4.79 Å². The number of imidazole rings is 1. The fourth-order valence-corrected chi connectivity index (χ4v) is 4.10. The second-order valence-corrected chi connectivity index (χ2v) is 7.85. The maximum Gasteiger partial charge on any atom is 0.272 e. The van der Waals surface area contributed by atoms with Crippen molar-refractivity contribution >= 4 is 28.9 Å². The third-order valence-corrected chi connectivity index (χ3v) is 5.78. The Kier molecular flexibility index (Phi) is 6.06. The minimum Gasteiger partial charge on any atom is -0.404 e. The number of allylic oxidation sites excluding steroid dienone is 1. The largest absolute Gasteiger partial charge is 0.404 e. The number of carbonyl (C=O) groups is 1. The molecule has 4 N–H and O–H groups in total. The number of H-pyrrole nitrogens is 1. The molecule has 1 unspecified atom stereocenters. The van der Waals surface area contributed by atoms with Crippen molar-refractivity contribution in [2.75, 3.05) is 7.05 Å². The molecule has 1 aliphatic rings. The summed E-state index contributed by atoms with van der Waals surface area (Å²) in [5.41, 5.74) is 9.87. The Bertz CT molecular complexity index is 1140. The van der Waals surface area contributed by atoms with Crippen molar-refractivity contribution in [3.63, 3.8) is 0 Å². The molecule has 0 aliphatic heterocycles. The maximum atomic E-state index is 13.0. The van der Waals surface area contributed by atoms with Crippen LogP contribution in [-0.2, 0) is 0 Å². The van der Waals surface area contributed by atoms with Gasteiger partial charge >= 0.3 is 0 Å². The summed E-state index contributed by atoms with van der Waals surface area (Å²) < 4.78 is 0. The molecule has 0 spiro atoms. The monoisotopic (exact) mass is 417 g/mol. The molecular weight excluding hydrogens is 390 g/mol. The number of carbonyl (C=O) groups excluding carboxylic acids is 1. The number of nitrogens with zero attached hydrogens (tertiary/aromatic N) is 4. The first kappa shape index (κ1) is 20.7. The molecule has 1 saturated carbocycles. The summed E-state index contributed by atoms with van der Waals surface area (Å²) in [7, 11) is 1.70. The van der Waals surface area contributed by atoms with Crippen LogP contribution < -0.4 is 11.1 Å². The molecule has 1 fully saturated rings. The molecule has 1 aromatic carbocycles. The molecule has 2 heterocycles. The average Bonchev–Trinajstić information content (AvgIpc) is 3.46. The zero-order valence-corrected chi connectivity index (χ0v) is 17.8. The van der Waals surface area contributed by atoms with E-state index in [0.29, 0.717) is 22.8 Å². The summed E-state index contributed by atoms with van der Waals surface area (Å²) in [5, 5.41) is 3.04. The van der Waals surface area contributed by atoms with Crippen molar-refractivity contribution in [1.82, 2.24) is 25.3 Å². The Morgan fingerprint density at radius 2 is 2.13 bits per heavy atom. The molecule has 8 heteroatoms. The number of hydrogen-bond donors (Lipinski definition) is 3. The maximum absolute atomic E-state index is 13.0. The van der Waals surface area contributed by atoms with Gasteiger partial charge in [-0.15, -0.1) is 0 Å². The highest BCUT2D eigenvalue weighted by molar-refractivity contribution is 6.09. The van der Waals surface area contributed by atoms with E-state index in [2.05, 4.69) is 30.2 Å². The lowest BCUT2D eigenvalue weighted by Crippen LogP contribution is -2.27. The first-order chi connectivity index (χ1) is 15.1. The van der Waals surface area contributed by atoms with E-state index in [1.807, 2.05) is 31.2 Å². The number of benzene rings is 1. The molecule has 1 atom stereocenters. The van der Waals surface area contributed by atoms with Gasteiger partial charge in [-0.1, -0.05) is 31.0 Å². The fourth-order valence-electron chi connectivity index (χ4n) is 4.10. The molecule has 1 aliphatic carbocycles. The molecule has 31 heavy (non-hydrogen) atoms. The Morgan fingerprint density at radius 1 is 1.32 bits per heavy atom. The Balaban J connectivity index is 1.56. The van der Waals surface area contributed by atoms with Gasteiger partial charge in [-0.05, 0) is 37.0 Å². The summed E-state index contributed by atoms with van der Waals surface area (Å²) in [4.78, 5) is 33.5. The van der Waals surface area contributed by atoms with E-state index < -0.39 is 0 Å². The van der Waals surface area contributed by atoms with Gasteiger partial charge in [0.05, 0.1) is 6.04 Å². The average molecular weight is 418 g/mol. The predicted octanol–water partition coefficient (Wildman–Crippen LogP) is 3.50. The van der Waals surface area contributed by atoms with Gasteiger partial charge in [0.2, 0.25) is 0 Å². The number of amides is 1. The van der Waals surface area contributed by atoms with Gasteiger partial charge in [-0.2, -0.15) is 0 Å². The van der Waals surface area contributed by atoms with Gasteiger partial charge in [0.1, 0.15) is 17.7 Å². The lowest BCUT2D eigenvalue weighted by molar-refractivity contribution is 0.0936. The lowest BCUT2D eigenvalue weighted by atomic mass is 10.0. The van der Waals surface area contributed by atoms with E-state index >= 15 is 0 Å². The van der Waals surface area contributed by atoms with Crippen molar-refractivity contribution in [3.8, 4) is 0 Å². The number of fused-ring (bicyclic) bond motifs is 1. The minimum absolute atomic E-state index is 0.229. The standard InChI is InChI=1S/C23H27N7O/c1-14(16-8-5-9-17(10-16)18(11-24)12-25-2)28-23(31)20-19-22(27-13-26-20)30-21(29-19)15-6-3-4-7-15/h5,8-15H,3-4,6-7,24H2,1-2H3,(H,28,31)(H,26,27,29,30). The normalized spacial score (nSPS) is 16.3. The van der Waals surface area contributed by atoms with Crippen LogP contribution in [-0.4, -0.2) is 39.1 Å². The quantitative estimate of drug-likeness (QED) is 0.530. The number of rotatable bonds is 6. The van der Waals surface area contributed by atoms with Crippen LogP contribution in [0.15, 0.2) is 41.8 Å². The summed E-state index contributed by atoms with van der Waals surface area (Å²) in [6.45, 7) is 1.94. The van der Waals surface area contributed by atoms with E-state index in [-0.39, 0.29) is 11.9 Å². The van der Waals surface area contributed by atoms with E-state index in [4.69, 9.17) is 5.73 Å². The van der Waals surface area contributed by atoms with Gasteiger partial charge in [0.15, 0.2) is 11.3 Å².